The SMILES string of the molecule is CSc1cccc(C(=O)O)c1NC(C)=O. The second-order valence-corrected chi connectivity index (χ2v) is 3.72. The maximum absolute atomic E-state index is 10.9. The van der Waals surface area contributed by atoms with E-state index >= 15 is 0 Å². The topological polar surface area (TPSA) is 66.4 Å². The highest BCUT2D eigenvalue weighted by molar-refractivity contribution is 7.98. The molecule has 0 fully saturated rings. The minimum Gasteiger partial charge on any atom is -0.478 e. The molecule has 0 heterocycles. The van der Waals surface area contributed by atoms with Crippen LogP contribution in [-0.2, 0) is 4.79 Å². The lowest BCUT2D eigenvalue weighted by atomic mass is 10.2. The van der Waals surface area contributed by atoms with Gasteiger partial charge in [0.1, 0.15) is 0 Å². The highest BCUT2D eigenvalue weighted by Gasteiger charge is 2.14. The first-order valence-corrected chi connectivity index (χ1v) is 5.46. The van der Waals surface area contributed by atoms with Gasteiger partial charge in [0.25, 0.3) is 0 Å². The Labute approximate surface area is 91.7 Å². The van der Waals surface area contributed by atoms with E-state index in [9.17, 15) is 9.59 Å². The molecule has 2 N–H and O–H groups in total. The van der Waals surface area contributed by atoms with Gasteiger partial charge < -0.3 is 10.4 Å². The zero-order valence-electron chi connectivity index (χ0n) is 8.40. The van der Waals surface area contributed by atoms with Gasteiger partial charge in [0.05, 0.1) is 11.3 Å². The zero-order chi connectivity index (χ0) is 11.4. The number of aromatic carboxylic acids is 1. The van der Waals surface area contributed by atoms with Gasteiger partial charge in [-0.25, -0.2) is 4.79 Å². The van der Waals surface area contributed by atoms with Crippen molar-refractivity contribution in [3.05, 3.63) is 23.8 Å². The smallest absolute Gasteiger partial charge is 0.337 e. The summed E-state index contributed by atoms with van der Waals surface area (Å²) >= 11 is 1.39. The fourth-order valence-electron chi connectivity index (χ4n) is 1.18. The number of carbonyl (C=O) groups is 2. The summed E-state index contributed by atoms with van der Waals surface area (Å²) in [4.78, 5) is 22.6. The number of carboxylic acids is 1. The number of amides is 1. The average Bonchev–Trinajstić information content (AvgIpc) is 2.16. The van der Waals surface area contributed by atoms with Crippen LogP contribution in [0, 0.1) is 0 Å². The van der Waals surface area contributed by atoms with Crippen molar-refractivity contribution in [2.75, 3.05) is 11.6 Å². The molecule has 0 bridgehead atoms. The summed E-state index contributed by atoms with van der Waals surface area (Å²) in [6.07, 6.45) is 1.83. The summed E-state index contributed by atoms with van der Waals surface area (Å²) in [7, 11) is 0. The molecule has 5 heteroatoms. The van der Waals surface area contributed by atoms with Gasteiger partial charge in [0.2, 0.25) is 5.91 Å². The van der Waals surface area contributed by atoms with Crippen molar-refractivity contribution in [2.24, 2.45) is 0 Å². The number of rotatable bonds is 3. The second-order valence-electron chi connectivity index (χ2n) is 2.87. The molecule has 4 nitrogen and oxygen atoms in total. The number of carboxylic acid groups (broad SMARTS) is 1. The largest absolute Gasteiger partial charge is 0.478 e. The Bertz CT molecular complexity index is 404. The summed E-state index contributed by atoms with van der Waals surface area (Å²) in [5.41, 5.74) is 0.474. The molecule has 1 rings (SSSR count). The van der Waals surface area contributed by atoms with Crippen molar-refractivity contribution in [3.63, 3.8) is 0 Å². The Hall–Kier alpha value is -1.49. The van der Waals surface area contributed by atoms with Gasteiger partial charge in [-0.15, -0.1) is 11.8 Å². The molecule has 15 heavy (non-hydrogen) atoms. The van der Waals surface area contributed by atoms with Crippen LogP contribution in [0.5, 0.6) is 0 Å². The second kappa shape index (κ2) is 4.84. The predicted octanol–water partition coefficient (Wildman–Crippen LogP) is 2.07. The van der Waals surface area contributed by atoms with Gasteiger partial charge in [-0.3, -0.25) is 4.79 Å². The lowest BCUT2D eigenvalue weighted by Gasteiger charge is -2.10. The molecule has 0 unspecified atom stereocenters. The first-order valence-electron chi connectivity index (χ1n) is 4.24. The third-order valence-corrected chi connectivity index (χ3v) is 2.56. The van der Waals surface area contributed by atoms with Crippen LogP contribution >= 0.6 is 11.8 Å². The monoisotopic (exact) mass is 225 g/mol. The molecule has 0 atom stereocenters. The Morgan fingerprint density at radius 1 is 1.40 bits per heavy atom. The molecule has 0 aromatic heterocycles. The van der Waals surface area contributed by atoms with Crippen molar-refractivity contribution in [2.45, 2.75) is 11.8 Å². The van der Waals surface area contributed by atoms with Crippen molar-refractivity contribution in [3.8, 4) is 0 Å². The van der Waals surface area contributed by atoms with Crippen LogP contribution in [0.2, 0.25) is 0 Å². The van der Waals surface area contributed by atoms with Crippen LogP contribution in [0.3, 0.4) is 0 Å². The van der Waals surface area contributed by atoms with Crippen LogP contribution in [0.1, 0.15) is 17.3 Å². The third kappa shape index (κ3) is 2.73. The molecule has 0 radical (unpaired) electrons. The average molecular weight is 225 g/mol. The highest BCUT2D eigenvalue weighted by atomic mass is 32.2. The highest BCUT2D eigenvalue weighted by Crippen LogP contribution is 2.28. The van der Waals surface area contributed by atoms with E-state index < -0.39 is 5.97 Å². The molecule has 0 saturated heterocycles. The summed E-state index contributed by atoms with van der Waals surface area (Å²) in [5.74, 6) is -1.33. The number of para-hydroxylation sites is 1. The summed E-state index contributed by atoms with van der Waals surface area (Å²) in [5, 5.41) is 11.5. The number of thioether (sulfide) groups is 1. The first-order chi connectivity index (χ1) is 7.06. The number of anilines is 1. The van der Waals surface area contributed by atoms with Crippen molar-refractivity contribution >= 4 is 29.3 Å². The standard InChI is InChI=1S/C10H11NO3S/c1-6(12)11-9-7(10(13)14)4-3-5-8(9)15-2/h3-5H,1-2H3,(H,11,12)(H,13,14). The molecule has 1 aromatic carbocycles. The van der Waals surface area contributed by atoms with Gasteiger partial charge in [0.15, 0.2) is 0 Å². The summed E-state index contributed by atoms with van der Waals surface area (Å²) < 4.78 is 0. The number of benzene rings is 1. The summed E-state index contributed by atoms with van der Waals surface area (Å²) in [6.45, 7) is 1.35. The fourth-order valence-corrected chi connectivity index (χ4v) is 1.76. The van der Waals surface area contributed by atoms with Crippen LogP contribution in [0.4, 0.5) is 5.69 Å². The van der Waals surface area contributed by atoms with E-state index in [-0.39, 0.29) is 11.5 Å². The number of hydrogen-bond donors (Lipinski definition) is 2. The molecule has 1 aromatic rings. The quantitative estimate of drug-likeness (QED) is 0.773. The van der Waals surface area contributed by atoms with Gasteiger partial charge in [-0.1, -0.05) is 6.07 Å². The molecule has 1 amide bonds. The van der Waals surface area contributed by atoms with E-state index in [1.54, 1.807) is 12.1 Å². The Balaban J connectivity index is 3.26. The fraction of sp³-hybridized carbons (Fsp3) is 0.200. The minimum absolute atomic E-state index is 0.108. The van der Waals surface area contributed by atoms with E-state index in [1.807, 2.05) is 6.26 Å². The zero-order valence-corrected chi connectivity index (χ0v) is 9.22. The predicted molar refractivity (Wildman–Crippen MR) is 59.5 cm³/mol. The van der Waals surface area contributed by atoms with Crippen LogP contribution < -0.4 is 5.32 Å². The first kappa shape index (κ1) is 11.6. The molecular formula is C10H11NO3S. The normalized spacial score (nSPS) is 9.73. The Morgan fingerprint density at radius 2 is 2.07 bits per heavy atom. The maximum Gasteiger partial charge on any atom is 0.337 e. The lowest BCUT2D eigenvalue weighted by Crippen LogP contribution is -2.11. The molecular weight excluding hydrogens is 214 g/mol. The molecule has 80 valence electrons. The number of nitrogens with one attached hydrogen (secondary N) is 1. The van der Waals surface area contributed by atoms with Crippen molar-refractivity contribution in [1.82, 2.24) is 0 Å². The van der Waals surface area contributed by atoms with E-state index in [0.717, 1.165) is 4.90 Å². The number of hydrogen-bond acceptors (Lipinski definition) is 3. The Morgan fingerprint density at radius 3 is 2.53 bits per heavy atom. The molecule has 0 aliphatic carbocycles. The Kier molecular flexibility index (Phi) is 3.74. The summed E-state index contributed by atoms with van der Waals surface area (Å²) in [6, 6.07) is 4.89. The van der Waals surface area contributed by atoms with Crippen LogP contribution in [-0.4, -0.2) is 23.2 Å². The van der Waals surface area contributed by atoms with E-state index in [1.165, 1.54) is 24.8 Å². The lowest BCUT2D eigenvalue weighted by molar-refractivity contribution is -0.114. The number of carbonyl (C=O) groups excluding carboxylic acids is 1. The van der Waals surface area contributed by atoms with Crippen LogP contribution in [0.15, 0.2) is 23.1 Å². The molecule has 0 aliphatic rings. The van der Waals surface area contributed by atoms with E-state index in [2.05, 4.69) is 5.32 Å². The van der Waals surface area contributed by atoms with Gasteiger partial charge in [0, 0.05) is 11.8 Å². The maximum atomic E-state index is 10.9. The molecule has 0 aliphatic heterocycles. The van der Waals surface area contributed by atoms with Crippen molar-refractivity contribution < 1.29 is 14.7 Å². The van der Waals surface area contributed by atoms with Gasteiger partial charge in [-0.2, -0.15) is 0 Å². The third-order valence-electron chi connectivity index (χ3n) is 1.78. The van der Waals surface area contributed by atoms with Gasteiger partial charge >= 0.3 is 5.97 Å². The van der Waals surface area contributed by atoms with Gasteiger partial charge in [-0.05, 0) is 18.4 Å². The van der Waals surface area contributed by atoms with Crippen LogP contribution in [0.25, 0.3) is 0 Å². The van der Waals surface area contributed by atoms with Crippen molar-refractivity contribution in [1.29, 1.82) is 0 Å². The van der Waals surface area contributed by atoms with E-state index in [0.29, 0.717) is 5.69 Å². The molecule has 0 saturated carbocycles. The minimum atomic E-state index is -1.05. The van der Waals surface area contributed by atoms with E-state index in [4.69, 9.17) is 5.11 Å². The molecule has 0 spiro atoms.